The van der Waals surface area contributed by atoms with Gasteiger partial charge < -0.3 is 10.0 Å². The first-order valence-corrected chi connectivity index (χ1v) is 8.28. The molecule has 3 rings (SSSR count). The van der Waals surface area contributed by atoms with E-state index in [-0.39, 0.29) is 17.5 Å². The van der Waals surface area contributed by atoms with E-state index in [0.717, 1.165) is 11.1 Å². The maximum atomic E-state index is 12.5. The highest BCUT2D eigenvalue weighted by atomic mass is 32.1. The van der Waals surface area contributed by atoms with Crippen molar-refractivity contribution in [2.24, 2.45) is 5.92 Å². The molecule has 0 radical (unpaired) electrons. The van der Waals surface area contributed by atoms with Crippen molar-refractivity contribution in [1.82, 2.24) is 14.7 Å². The van der Waals surface area contributed by atoms with E-state index in [1.807, 2.05) is 17.5 Å². The van der Waals surface area contributed by atoms with Crippen molar-refractivity contribution in [2.75, 3.05) is 13.1 Å². The van der Waals surface area contributed by atoms with Crippen LogP contribution in [0.5, 0.6) is 0 Å². The predicted octanol–water partition coefficient (Wildman–Crippen LogP) is 2.93. The molecule has 1 aliphatic heterocycles. The van der Waals surface area contributed by atoms with Crippen molar-refractivity contribution >= 4 is 17.2 Å². The average Bonchev–Trinajstić information content (AvgIpc) is 3.25. The topological polar surface area (TPSA) is 58.4 Å². The molecule has 5 nitrogen and oxygen atoms in total. The van der Waals surface area contributed by atoms with Gasteiger partial charge in [-0.3, -0.25) is 4.79 Å². The Labute approximate surface area is 136 Å². The molecule has 0 spiro atoms. The van der Waals surface area contributed by atoms with E-state index in [2.05, 4.69) is 5.10 Å². The number of hydrogen-bond donors (Lipinski definition) is 1. The number of alkyl halides is 2. The quantitative estimate of drug-likeness (QED) is 0.930. The maximum absolute atomic E-state index is 12.5. The van der Waals surface area contributed by atoms with Crippen molar-refractivity contribution < 1.29 is 18.7 Å². The molecule has 1 aliphatic rings. The summed E-state index contributed by atoms with van der Waals surface area (Å²) in [5, 5.41) is 15.9. The van der Waals surface area contributed by atoms with Gasteiger partial charge in [-0.2, -0.15) is 13.9 Å². The average molecular weight is 341 g/mol. The summed E-state index contributed by atoms with van der Waals surface area (Å²) in [5.41, 5.74) is 0.0301. The number of piperidine rings is 1. The van der Waals surface area contributed by atoms with Crippen LogP contribution in [0.25, 0.3) is 0 Å². The first-order valence-electron chi connectivity index (χ1n) is 7.40. The fourth-order valence-electron chi connectivity index (χ4n) is 2.83. The number of likely N-dealkylation sites (tertiary alicyclic amines) is 1. The number of hydrogen-bond acceptors (Lipinski definition) is 4. The highest BCUT2D eigenvalue weighted by Crippen LogP contribution is 2.33. The Morgan fingerprint density at radius 2 is 2.09 bits per heavy atom. The van der Waals surface area contributed by atoms with Crippen LogP contribution < -0.4 is 0 Å². The molecule has 1 fully saturated rings. The summed E-state index contributed by atoms with van der Waals surface area (Å²) < 4.78 is 25.5. The number of aliphatic hydroxyl groups is 1. The largest absolute Gasteiger partial charge is 0.387 e. The van der Waals surface area contributed by atoms with Crippen LogP contribution in [-0.2, 0) is 0 Å². The van der Waals surface area contributed by atoms with Crippen LogP contribution in [0.4, 0.5) is 8.78 Å². The van der Waals surface area contributed by atoms with E-state index < -0.39 is 12.7 Å². The van der Waals surface area contributed by atoms with E-state index in [9.17, 15) is 18.7 Å². The fraction of sp³-hybridized carbons (Fsp3) is 0.467. The summed E-state index contributed by atoms with van der Waals surface area (Å²) in [6.45, 7) is -1.76. The molecular weight excluding hydrogens is 324 g/mol. The number of thiophene rings is 1. The third-order valence-electron chi connectivity index (χ3n) is 4.14. The molecule has 1 N–H and O–H groups in total. The number of nitrogens with zero attached hydrogens (tertiary/aromatic N) is 3. The van der Waals surface area contributed by atoms with Crippen LogP contribution in [0, 0.1) is 5.92 Å². The van der Waals surface area contributed by atoms with Crippen molar-refractivity contribution in [3.63, 3.8) is 0 Å². The molecule has 1 unspecified atom stereocenters. The third kappa shape index (κ3) is 3.42. The van der Waals surface area contributed by atoms with Crippen molar-refractivity contribution in [3.8, 4) is 0 Å². The number of halogens is 2. The van der Waals surface area contributed by atoms with E-state index in [4.69, 9.17) is 0 Å². The molecule has 8 heteroatoms. The molecule has 1 saturated heterocycles. The Bertz CT molecular complexity index is 651. The second-order valence-electron chi connectivity index (χ2n) is 5.55. The Morgan fingerprint density at radius 3 is 2.65 bits per heavy atom. The number of aromatic nitrogens is 2. The zero-order valence-electron chi connectivity index (χ0n) is 12.3. The Kier molecular flexibility index (Phi) is 4.72. The highest BCUT2D eigenvalue weighted by Gasteiger charge is 2.30. The van der Waals surface area contributed by atoms with Crippen molar-refractivity contribution in [1.29, 1.82) is 0 Å². The smallest absolute Gasteiger partial charge is 0.333 e. The van der Waals surface area contributed by atoms with Gasteiger partial charge in [0.15, 0.2) is 5.69 Å². The second-order valence-corrected chi connectivity index (χ2v) is 6.53. The second kappa shape index (κ2) is 6.76. The van der Waals surface area contributed by atoms with Gasteiger partial charge in [-0.1, -0.05) is 6.07 Å². The molecular formula is C15H17F2N3O2S. The van der Waals surface area contributed by atoms with E-state index in [1.54, 1.807) is 4.90 Å². The zero-order valence-corrected chi connectivity index (χ0v) is 13.1. The van der Waals surface area contributed by atoms with E-state index >= 15 is 0 Å². The van der Waals surface area contributed by atoms with Crippen molar-refractivity contribution in [3.05, 3.63) is 40.3 Å². The van der Waals surface area contributed by atoms with Crippen LogP contribution >= 0.6 is 11.3 Å². The lowest BCUT2D eigenvalue weighted by Crippen LogP contribution is -2.40. The summed E-state index contributed by atoms with van der Waals surface area (Å²) in [4.78, 5) is 14.8. The standard InChI is InChI=1S/C15H17F2N3O2S/c16-15(17)20-8-5-11(18-20)14(22)19-6-3-10(4-7-19)13(21)12-2-1-9-23-12/h1-2,5,8-10,13,15,21H,3-4,6-7H2. The van der Waals surface area contributed by atoms with Gasteiger partial charge in [0.1, 0.15) is 0 Å². The Hall–Kier alpha value is -1.80. The number of rotatable bonds is 4. The summed E-state index contributed by atoms with van der Waals surface area (Å²) in [5.74, 6) is -0.232. The molecule has 1 atom stereocenters. The fourth-order valence-corrected chi connectivity index (χ4v) is 3.64. The Morgan fingerprint density at radius 1 is 1.35 bits per heavy atom. The predicted molar refractivity (Wildman–Crippen MR) is 81.4 cm³/mol. The van der Waals surface area contributed by atoms with Gasteiger partial charge in [-0.25, -0.2) is 4.68 Å². The van der Waals surface area contributed by atoms with Gasteiger partial charge in [-0.15, -0.1) is 11.3 Å². The molecule has 124 valence electrons. The zero-order chi connectivity index (χ0) is 16.4. The first kappa shape index (κ1) is 16.1. The van der Waals surface area contributed by atoms with Crippen LogP contribution in [0.2, 0.25) is 0 Å². The van der Waals surface area contributed by atoms with E-state index in [0.29, 0.717) is 30.6 Å². The normalized spacial score (nSPS) is 17.7. The van der Waals surface area contributed by atoms with Crippen LogP contribution in [0.1, 0.15) is 40.9 Å². The molecule has 0 bridgehead atoms. The highest BCUT2D eigenvalue weighted by molar-refractivity contribution is 7.10. The monoisotopic (exact) mass is 341 g/mol. The summed E-state index contributed by atoms with van der Waals surface area (Å²) >= 11 is 1.52. The van der Waals surface area contributed by atoms with Gasteiger partial charge in [-0.05, 0) is 36.3 Å². The Balaban J connectivity index is 1.58. The molecule has 2 aromatic heterocycles. The van der Waals surface area contributed by atoms with Gasteiger partial charge >= 0.3 is 6.55 Å². The summed E-state index contributed by atoms with van der Waals surface area (Å²) in [6.07, 6.45) is 1.96. The summed E-state index contributed by atoms with van der Waals surface area (Å²) in [6, 6.07) is 5.12. The minimum absolute atomic E-state index is 0.0301. The van der Waals surface area contributed by atoms with Gasteiger partial charge in [0.25, 0.3) is 5.91 Å². The number of aliphatic hydroxyl groups excluding tert-OH is 1. The van der Waals surface area contributed by atoms with E-state index in [1.165, 1.54) is 17.4 Å². The third-order valence-corrected chi connectivity index (χ3v) is 5.08. The van der Waals surface area contributed by atoms with Gasteiger partial charge in [0.2, 0.25) is 0 Å². The molecule has 23 heavy (non-hydrogen) atoms. The molecule has 0 saturated carbocycles. The number of amides is 1. The lowest BCUT2D eigenvalue weighted by molar-refractivity contribution is 0.0452. The maximum Gasteiger partial charge on any atom is 0.333 e. The van der Waals surface area contributed by atoms with Crippen LogP contribution in [-0.4, -0.2) is 38.8 Å². The first-order chi connectivity index (χ1) is 11.1. The van der Waals surface area contributed by atoms with Gasteiger partial charge in [0.05, 0.1) is 6.10 Å². The van der Waals surface area contributed by atoms with Crippen LogP contribution in [0.3, 0.4) is 0 Å². The minimum Gasteiger partial charge on any atom is -0.387 e. The summed E-state index contributed by atoms with van der Waals surface area (Å²) in [7, 11) is 0. The molecule has 0 aromatic carbocycles. The lowest BCUT2D eigenvalue weighted by Gasteiger charge is -2.33. The molecule has 2 aromatic rings. The van der Waals surface area contributed by atoms with Crippen molar-refractivity contribution in [2.45, 2.75) is 25.5 Å². The SMILES string of the molecule is O=C(c1ccn(C(F)F)n1)N1CCC(C(O)c2cccs2)CC1. The minimum atomic E-state index is -2.75. The number of carbonyl (C=O) groups is 1. The van der Waals surface area contributed by atoms with Gasteiger partial charge in [0, 0.05) is 24.2 Å². The molecule has 0 aliphatic carbocycles. The van der Waals surface area contributed by atoms with Crippen LogP contribution in [0.15, 0.2) is 29.8 Å². The lowest BCUT2D eigenvalue weighted by atomic mass is 9.90. The molecule has 3 heterocycles. The molecule has 1 amide bonds. The number of carbonyl (C=O) groups excluding carboxylic acids is 1.